The van der Waals surface area contributed by atoms with Crippen LogP contribution < -0.4 is 5.32 Å². The average molecular weight is 462 g/mol. The number of hydrogen-bond donors (Lipinski definition) is 1. The standard InChI is InChI=1S/C22H27N3O4S2/c26-21(18-8-5-13-25(16-18)31(28,29)20-10-6-14-30-20)23-19-9-4-7-17(15-19)22(27)24-11-2-1-3-12-24/h4,6-7,9-10,14-15,18H,1-3,5,8,11-13,16H2,(H,23,26). The molecule has 2 fully saturated rings. The molecule has 1 aromatic heterocycles. The lowest BCUT2D eigenvalue weighted by Crippen LogP contribution is -2.43. The minimum atomic E-state index is -3.57. The third-order valence-electron chi connectivity index (χ3n) is 5.86. The van der Waals surface area contributed by atoms with E-state index in [1.54, 1.807) is 41.8 Å². The number of hydrogen-bond acceptors (Lipinski definition) is 5. The third kappa shape index (κ3) is 4.99. The van der Waals surface area contributed by atoms with E-state index in [0.29, 0.717) is 34.8 Å². The van der Waals surface area contributed by atoms with E-state index in [1.807, 2.05) is 4.90 Å². The summed E-state index contributed by atoms with van der Waals surface area (Å²) in [6.45, 7) is 2.13. The molecule has 1 aromatic carbocycles. The van der Waals surface area contributed by atoms with Crippen molar-refractivity contribution in [3.63, 3.8) is 0 Å². The number of rotatable bonds is 5. The molecule has 9 heteroatoms. The van der Waals surface area contributed by atoms with Crippen LogP contribution in [0.25, 0.3) is 0 Å². The molecule has 31 heavy (non-hydrogen) atoms. The van der Waals surface area contributed by atoms with Gasteiger partial charge >= 0.3 is 0 Å². The van der Waals surface area contributed by atoms with Crippen LogP contribution in [0.5, 0.6) is 0 Å². The van der Waals surface area contributed by atoms with Crippen molar-refractivity contribution in [2.75, 3.05) is 31.5 Å². The highest BCUT2D eigenvalue weighted by Crippen LogP contribution is 2.27. The van der Waals surface area contributed by atoms with Crippen LogP contribution in [0.1, 0.15) is 42.5 Å². The van der Waals surface area contributed by atoms with E-state index in [4.69, 9.17) is 0 Å². The zero-order chi connectivity index (χ0) is 21.8. The van der Waals surface area contributed by atoms with Gasteiger partial charge in [-0.2, -0.15) is 4.31 Å². The van der Waals surface area contributed by atoms with E-state index in [-0.39, 0.29) is 18.4 Å². The number of piperidine rings is 2. The van der Waals surface area contributed by atoms with Crippen LogP contribution in [-0.2, 0) is 14.8 Å². The molecule has 0 radical (unpaired) electrons. The molecule has 4 rings (SSSR count). The fourth-order valence-electron chi connectivity index (χ4n) is 4.17. The highest BCUT2D eigenvalue weighted by molar-refractivity contribution is 7.91. The number of benzene rings is 1. The van der Waals surface area contributed by atoms with Crippen molar-refractivity contribution >= 4 is 38.9 Å². The summed E-state index contributed by atoms with van der Waals surface area (Å²) >= 11 is 1.19. The lowest BCUT2D eigenvalue weighted by molar-refractivity contribution is -0.120. The summed E-state index contributed by atoms with van der Waals surface area (Å²) in [5.41, 5.74) is 1.12. The van der Waals surface area contributed by atoms with Gasteiger partial charge in [-0.1, -0.05) is 12.1 Å². The maximum Gasteiger partial charge on any atom is 0.253 e. The number of sulfonamides is 1. The number of carbonyl (C=O) groups is 2. The number of likely N-dealkylation sites (tertiary alicyclic amines) is 1. The monoisotopic (exact) mass is 461 g/mol. The van der Waals surface area contributed by atoms with Gasteiger partial charge in [0.2, 0.25) is 5.91 Å². The van der Waals surface area contributed by atoms with Gasteiger partial charge in [0.1, 0.15) is 4.21 Å². The fraction of sp³-hybridized carbons (Fsp3) is 0.455. The number of carbonyl (C=O) groups excluding carboxylic acids is 2. The zero-order valence-corrected chi connectivity index (χ0v) is 19.0. The van der Waals surface area contributed by atoms with E-state index in [9.17, 15) is 18.0 Å². The molecule has 2 aromatic rings. The number of thiophene rings is 1. The number of anilines is 1. The summed E-state index contributed by atoms with van der Waals surface area (Å²) in [5.74, 6) is -0.653. The Hall–Kier alpha value is -2.23. The van der Waals surface area contributed by atoms with Gasteiger partial charge in [-0.05, 0) is 61.7 Å². The molecule has 1 N–H and O–H groups in total. The van der Waals surface area contributed by atoms with Gasteiger partial charge in [-0.15, -0.1) is 11.3 Å². The lowest BCUT2D eigenvalue weighted by Gasteiger charge is -2.30. The van der Waals surface area contributed by atoms with Crippen molar-refractivity contribution in [1.82, 2.24) is 9.21 Å². The van der Waals surface area contributed by atoms with E-state index < -0.39 is 15.9 Å². The number of amides is 2. The first-order valence-electron chi connectivity index (χ1n) is 10.7. The van der Waals surface area contributed by atoms with E-state index in [2.05, 4.69) is 5.32 Å². The van der Waals surface area contributed by atoms with Crippen LogP contribution in [0.3, 0.4) is 0 Å². The van der Waals surface area contributed by atoms with Crippen molar-refractivity contribution in [3.8, 4) is 0 Å². The zero-order valence-electron chi connectivity index (χ0n) is 17.3. The summed E-state index contributed by atoms with van der Waals surface area (Å²) in [4.78, 5) is 27.5. The van der Waals surface area contributed by atoms with Crippen molar-refractivity contribution < 1.29 is 18.0 Å². The second kappa shape index (κ2) is 9.50. The molecule has 7 nitrogen and oxygen atoms in total. The molecule has 0 bridgehead atoms. The van der Waals surface area contributed by atoms with E-state index in [0.717, 1.165) is 32.4 Å². The van der Waals surface area contributed by atoms with Crippen molar-refractivity contribution in [3.05, 3.63) is 47.3 Å². The Labute approximate surface area is 187 Å². The second-order valence-corrected chi connectivity index (χ2v) is 11.2. The normalized spacial score (nSPS) is 20.4. The van der Waals surface area contributed by atoms with Gasteiger partial charge < -0.3 is 10.2 Å². The molecule has 0 aliphatic carbocycles. The second-order valence-electron chi connectivity index (χ2n) is 8.06. The van der Waals surface area contributed by atoms with Crippen LogP contribution in [0.15, 0.2) is 46.0 Å². The SMILES string of the molecule is O=C(Nc1cccc(C(=O)N2CCCCC2)c1)C1CCCN(S(=O)(=O)c2cccs2)C1. The first-order valence-corrected chi connectivity index (χ1v) is 13.0. The summed E-state index contributed by atoms with van der Waals surface area (Å²) < 4.78 is 27.3. The Kier molecular flexibility index (Phi) is 6.74. The molecule has 166 valence electrons. The minimum Gasteiger partial charge on any atom is -0.339 e. The van der Waals surface area contributed by atoms with Gasteiger partial charge in [0.15, 0.2) is 0 Å². The highest BCUT2D eigenvalue weighted by Gasteiger charge is 2.34. The summed E-state index contributed by atoms with van der Waals surface area (Å²) in [5, 5.41) is 4.62. The molecular formula is C22H27N3O4S2. The molecular weight excluding hydrogens is 434 g/mol. The Balaban J connectivity index is 1.41. The Bertz CT molecular complexity index is 1030. The van der Waals surface area contributed by atoms with E-state index in [1.165, 1.54) is 15.6 Å². The molecule has 0 spiro atoms. The van der Waals surface area contributed by atoms with Crippen molar-refractivity contribution in [2.24, 2.45) is 5.92 Å². The van der Waals surface area contributed by atoms with Gasteiger partial charge in [-0.25, -0.2) is 8.42 Å². The first-order chi connectivity index (χ1) is 14.9. The summed E-state index contributed by atoms with van der Waals surface area (Å²) in [6, 6.07) is 10.3. The number of nitrogens with zero attached hydrogens (tertiary/aromatic N) is 2. The molecule has 1 atom stereocenters. The van der Waals surface area contributed by atoms with Crippen LogP contribution in [0.4, 0.5) is 5.69 Å². The molecule has 0 saturated carbocycles. The molecule has 3 heterocycles. The summed E-state index contributed by atoms with van der Waals surface area (Å²) in [7, 11) is -3.57. The first kappa shape index (κ1) is 22.0. The average Bonchev–Trinajstić information content (AvgIpc) is 3.35. The summed E-state index contributed by atoms with van der Waals surface area (Å²) in [6.07, 6.45) is 4.47. The van der Waals surface area contributed by atoms with Crippen LogP contribution in [-0.4, -0.2) is 55.6 Å². The van der Waals surface area contributed by atoms with Gasteiger partial charge in [-0.3, -0.25) is 9.59 Å². The molecule has 2 amide bonds. The Morgan fingerprint density at radius 1 is 1.00 bits per heavy atom. The largest absolute Gasteiger partial charge is 0.339 e. The fourth-order valence-corrected chi connectivity index (χ4v) is 6.83. The van der Waals surface area contributed by atoms with Gasteiger partial charge in [0.05, 0.1) is 5.92 Å². The van der Waals surface area contributed by atoms with Crippen LogP contribution in [0.2, 0.25) is 0 Å². The maximum absolute atomic E-state index is 12.9. The van der Waals surface area contributed by atoms with Crippen LogP contribution in [0, 0.1) is 5.92 Å². The van der Waals surface area contributed by atoms with Gasteiger partial charge in [0, 0.05) is 37.4 Å². The lowest BCUT2D eigenvalue weighted by atomic mass is 9.98. The highest BCUT2D eigenvalue weighted by atomic mass is 32.2. The molecule has 1 unspecified atom stereocenters. The number of nitrogens with one attached hydrogen (secondary N) is 1. The molecule has 2 saturated heterocycles. The minimum absolute atomic E-state index is 0.0123. The van der Waals surface area contributed by atoms with Crippen LogP contribution >= 0.6 is 11.3 Å². The molecule has 2 aliphatic rings. The smallest absolute Gasteiger partial charge is 0.253 e. The Morgan fingerprint density at radius 2 is 1.81 bits per heavy atom. The maximum atomic E-state index is 12.9. The van der Waals surface area contributed by atoms with Crippen molar-refractivity contribution in [2.45, 2.75) is 36.3 Å². The topological polar surface area (TPSA) is 86.8 Å². The predicted octanol–water partition coefficient (Wildman–Crippen LogP) is 3.41. The molecule has 2 aliphatic heterocycles. The third-order valence-corrected chi connectivity index (χ3v) is 9.10. The quantitative estimate of drug-likeness (QED) is 0.739. The Morgan fingerprint density at radius 3 is 2.55 bits per heavy atom. The predicted molar refractivity (Wildman–Crippen MR) is 121 cm³/mol. The van der Waals surface area contributed by atoms with Gasteiger partial charge in [0.25, 0.3) is 15.9 Å². The van der Waals surface area contributed by atoms with E-state index >= 15 is 0 Å². The van der Waals surface area contributed by atoms with Crippen molar-refractivity contribution in [1.29, 1.82) is 0 Å².